The number of aryl methyl sites for hydroxylation is 1. The summed E-state index contributed by atoms with van der Waals surface area (Å²) in [7, 11) is 0. The van der Waals surface area contributed by atoms with Gasteiger partial charge in [-0.3, -0.25) is 0 Å². The van der Waals surface area contributed by atoms with E-state index < -0.39 is 0 Å². The summed E-state index contributed by atoms with van der Waals surface area (Å²) in [5, 5.41) is 17.7. The van der Waals surface area contributed by atoms with Crippen molar-refractivity contribution >= 4 is 11.8 Å². The topological polar surface area (TPSA) is 46.0 Å². The maximum Gasteiger partial charge on any atom is 0.119 e. The van der Waals surface area contributed by atoms with Crippen molar-refractivity contribution in [3.63, 3.8) is 0 Å². The Kier molecular flexibility index (Phi) is 3.49. The van der Waals surface area contributed by atoms with Crippen molar-refractivity contribution in [3.8, 4) is 0 Å². The third-order valence-corrected chi connectivity index (χ3v) is 2.36. The van der Waals surface area contributed by atoms with Crippen LogP contribution in [0.25, 0.3) is 0 Å². The summed E-state index contributed by atoms with van der Waals surface area (Å²) in [5.74, 6) is 0. The SMILES string of the molecule is Cc1ccc(SC(C)CO)nn1. The molecule has 1 aromatic rings. The van der Waals surface area contributed by atoms with Gasteiger partial charge in [0.1, 0.15) is 5.03 Å². The quantitative estimate of drug-likeness (QED) is 0.718. The van der Waals surface area contributed by atoms with Crippen LogP contribution in [-0.2, 0) is 0 Å². The summed E-state index contributed by atoms with van der Waals surface area (Å²) >= 11 is 1.53. The van der Waals surface area contributed by atoms with Crippen LogP contribution >= 0.6 is 11.8 Å². The molecule has 66 valence electrons. The lowest BCUT2D eigenvalue weighted by molar-refractivity contribution is 0.300. The van der Waals surface area contributed by atoms with Gasteiger partial charge in [0.05, 0.1) is 12.3 Å². The summed E-state index contributed by atoms with van der Waals surface area (Å²) in [6, 6.07) is 3.83. The van der Waals surface area contributed by atoms with Crippen molar-refractivity contribution in [3.05, 3.63) is 17.8 Å². The Bertz CT molecular complexity index is 237. The lowest BCUT2D eigenvalue weighted by Gasteiger charge is -2.04. The van der Waals surface area contributed by atoms with Crippen LogP contribution in [0.4, 0.5) is 0 Å². The second-order valence-corrected chi connectivity index (χ2v) is 4.08. The second-order valence-electron chi connectivity index (χ2n) is 2.62. The molecule has 1 unspecified atom stereocenters. The van der Waals surface area contributed by atoms with Crippen LogP contribution in [0.5, 0.6) is 0 Å². The van der Waals surface area contributed by atoms with Gasteiger partial charge in [-0.1, -0.05) is 18.7 Å². The fourth-order valence-corrected chi connectivity index (χ4v) is 1.41. The predicted octanol–water partition coefficient (Wildman–Crippen LogP) is 1.26. The van der Waals surface area contributed by atoms with Gasteiger partial charge < -0.3 is 5.11 Å². The normalized spacial score (nSPS) is 12.9. The molecule has 12 heavy (non-hydrogen) atoms. The summed E-state index contributed by atoms with van der Waals surface area (Å²) in [5.41, 5.74) is 0.913. The molecule has 0 amide bonds. The van der Waals surface area contributed by atoms with E-state index in [1.165, 1.54) is 11.8 Å². The van der Waals surface area contributed by atoms with E-state index in [1.54, 1.807) is 0 Å². The van der Waals surface area contributed by atoms with Crippen LogP contribution in [0.3, 0.4) is 0 Å². The molecule has 0 saturated carbocycles. The van der Waals surface area contributed by atoms with Gasteiger partial charge >= 0.3 is 0 Å². The Morgan fingerprint density at radius 2 is 2.25 bits per heavy atom. The van der Waals surface area contributed by atoms with E-state index in [4.69, 9.17) is 5.11 Å². The first-order valence-electron chi connectivity index (χ1n) is 3.80. The average molecular weight is 184 g/mol. The lowest BCUT2D eigenvalue weighted by atomic mass is 10.4. The highest BCUT2D eigenvalue weighted by Gasteiger charge is 2.03. The number of thioether (sulfide) groups is 1. The van der Waals surface area contributed by atoms with Crippen molar-refractivity contribution in [2.75, 3.05) is 6.61 Å². The van der Waals surface area contributed by atoms with Crippen LogP contribution in [0.15, 0.2) is 17.2 Å². The van der Waals surface area contributed by atoms with Crippen molar-refractivity contribution in [2.24, 2.45) is 0 Å². The highest BCUT2D eigenvalue weighted by Crippen LogP contribution is 2.19. The summed E-state index contributed by atoms with van der Waals surface area (Å²) in [4.78, 5) is 0. The van der Waals surface area contributed by atoms with Gasteiger partial charge in [-0.05, 0) is 19.1 Å². The van der Waals surface area contributed by atoms with E-state index in [1.807, 2.05) is 26.0 Å². The highest BCUT2D eigenvalue weighted by atomic mass is 32.2. The molecule has 1 heterocycles. The van der Waals surface area contributed by atoms with Crippen LogP contribution in [-0.4, -0.2) is 27.2 Å². The van der Waals surface area contributed by atoms with Gasteiger partial charge in [0.15, 0.2) is 0 Å². The third-order valence-electron chi connectivity index (χ3n) is 1.35. The largest absolute Gasteiger partial charge is 0.395 e. The van der Waals surface area contributed by atoms with Crippen molar-refractivity contribution in [1.29, 1.82) is 0 Å². The van der Waals surface area contributed by atoms with E-state index in [2.05, 4.69) is 10.2 Å². The van der Waals surface area contributed by atoms with Gasteiger partial charge in [-0.2, -0.15) is 5.10 Å². The molecule has 0 radical (unpaired) electrons. The minimum Gasteiger partial charge on any atom is -0.395 e. The molecule has 3 nitrogen and oxygen atoms in total. The van der Waals surface area contributed by atoms with Crippen molar-refractivity contribution in [1.82, 2.24) is 10.2 Å². The highest BCUT2D eigenvalue weighted by molar-refractivity contribution is 7.99. The van der Waals surface area contributed by atoms with E-state index in [0.29, 0.717) is 0 Å². The van der Waals surface area contributed by atoms with E-state index in [0.717, 1.165) is 10.7 Å². The molecule has 0 aliphatic rings. The average Bonchev–Trinajstić information content (AvgIpc) is 2.09. The summed E-state index contributed by atoms with van der Waals surface area (Å²) in [6.07, 6.45) is 0. The van der Waals surface area contributed by atoms with Gasteiger partial charge in [0.2, 0.25) is 0 Å². The van der Waals surface area contributed by atoms with Crippen molar-refractivity contribution in [2.45, 2.75) is 24.1 Å². The first-order valence-corrected chi connectivity index (χ1v) is 4.68. The molecule has 0 aromatic carbocycles. The Balaban J connectivity index is 2.58. The third kappa shape index (κ3) is 2.79. The number of aliphatic hydroxyl groups is 1. The van der Waals surface area contributed by atoms with Gasteiger partial charge in [-0.25, -0.2) is 0 Å². The fourth-order valence-electron chi connectivity index (χ4n) is 0.693. The zero-order valence-corrected chi connectivity index (χ0v) is 8.01. The van der Waals surface area contributed by atoms with Gasteiger partial charge in [0.25, 0.3) is 0 Å². The molecule has 0 aliphatic heterocycles. The number of aromatic nitrogens is 2. The van der Waals surface area contributed by atoms with Gasteiger partial charge in [0, 0.05) is 5.25 Å². The Morgan fingerprint density at radius 1 is 1.50 bits per heavy atom. The minimum atomic E-state index is 0.167. The fraction of sp³-hybridized carbons (Fsp3) is 0.500. The molecule has 0 spiro atoms. The van der Waals surface area contributed by atoms with Crippen LogP contribution in [0.1, 0.15) is 12.6 Å². The smallest absolute Gasteiger partial charge is 0.119 e. The molecule has 0 fully saturated rings. The van der Waals surface area contributed by atoms with E-state index in [9.17, 15) is 0 Å². The summed E-state index contributed by atoms with van der Waals surface area (Å²) < 4.78 is 0. The zero-order chi connectivity index (χ0) is 8.97. The molecule has 1 rings (SSSR count). The molecule has 0 aliphatic carbocycles. The van der Waals surface area contributed by atoms with Crippen LogP contribution < -0.4 is 0 Å². The number of hydrogen-bond acceptors (Lipinski definition) is 4. The maximum atomic E-state index is 8.78. The maximum absolute atomic E-state index is 8.78. The Morgan fingerprint density at radius 3 is 2.75 bits per heavy atom. The minimum absolute atomic E-state index is 0.167. The predicted molar refractivity (Wildman–Crippen MR) is 49.2 cm³/mol. The Labute approximate surface area is 76.2 Å². The molecule has 4 heteroatoms. The second kappa shape index (κ2) is 4.42. The van der Waals surface area contributed by atoms with Crippen molar-refractivity contribution < 1.29 is 5.11 Å². The first kappa shape index (κ1) is 9.48. The Hall–Kier alpha value is -0.610. The van der Waals surface area contributed by atoms with Crippen LogP contribution in [0.2, 0.25) is 0 Å². The zero-order valence-electron chi connectivity index (χ0n) is 7.19. The molecular weight excluding hydrogens is 172 g/mol. The standard InChI is InChI=1S/C8H12N2OS/c1-6-3-4-8(10-9-6)12-7(2)5-11/h3-4,7,11H,5H2,1-2H3. The molecule has 0 bridgehead atoms. The van der Waals surface area contributed by atoms with E-state index >= 15 is 0 Å². The van der Waals surface area contributed by atoms with E-state index in [-0.39, 0.29) is 11.9 Å². The lowest BCUT2D eigenvalue weighted by Crippen LogP contribution is -2.02. The summed E-state index contributed by atoms with van der Waals surface area (Å²) in [6.45, 7) is 4.02. The number of hydrogen-bond donors (Lipinski definition) is 1. The molecule has 1 aromatic heterocycles. The monoisotopic (exact) mass is 184 g/mol. The van der Waals surface area contributed by atoms with Gasteiger partial charge in [-0.15, -0.1) is 5.10 Å². The van der Waals surface area contributed by atoms with Crippen LogP contribution in [0, 0.1) is 6.92 Å². The molecule has 1 N–H and O–H groups in total. The first-order chi connectivity index (χ1) is 5.72. The number of aliphatic hydroxyl groups excluding tert-OH is 1. The number of nitrogens with zero attached hydrogens (tertiary/aromatic N) is 2. The number of rotatable bonds is 3. The molecule has 1 atom stereocenters. The molecular formula is C8H12N2OS. The molecule has 0 saturated heterocycles.